The number of cyclic esters (lactones) is 1. The van der Waals surface area contributed by atoms with Gasteiger partial charge in [-0.3, -0.25) is 0 Å². The molecule has 3 nitrogen and oxygen atoms in total. The van der Waals surface area contributed by atoms with Crippen LogP contribution in [0.2, 0.25) is 0 Å². The third-order valence-corrected chi connectivity index (χ3v) is 6.34. The Balaban J connectivity index is 1.74. The Hall–Kier alpha value is -1.16. The molecule has 0 saturated heterocycles. The monoisotopic (exact) mass is 272 g/mol. The first kappa shape index (κ1) is 9.70. The standard InChI is InChI=1S/C15H12O3S/c16-13-9-7(3-17-13)11-8-6-1-14(10(8)12(9)18-11)4-15(19,2-6)5-14/h6,19H,1-5H2. The third kappa shape index (κ3) is 0.806. The fourth-order valence-corrected chi connectivity index (χ4v) is 6.38. The summed E-state index contributed by atoms with van der Waals surface area (Å²) in [5.41, 5.74) is 6.58. The molecule has 0 radical (unpaired) electrons. The Morgan fingerprint density at radius 3 is 2.89 bits per heavy atom. The first-order valence-electron chi connectivity index (χ1n) is 6.91. The van der Waals surface area contributed by atoms with Crippen molar-refractivity contribution in [2.75, 3.05) is 0 Å². The molecule has 2 aromatic heterocycles. The van der Waals surface area contributed by atoms with Gasteiger partial charge in [0.15, 0.2) is 0 Å². The SMILES string of the molecule is O=C1OCc2c1c1oc2c2c1C13CC2CC(S)(C1)C3. The summed E-state index contributed by atoms with van der Waals surface area (Å²) in [4.78, 5) is 11.9. The highest BCUT2D eigenvalue weighted by Gasteiger charge is 2.66. The van der Waals surface area contributed by atoms with Crippen molar-refractivity contribution in [3.8, 4) is 0 Å². The van der Waals surface area contributed by atoms with Gasteiger partial charge >= 0.3 is 5.97 Å². The first-order valence-corrected chi connectivity index (χ1v) is 7.36. The summed E-state index contributed by atoms with van der Waals surface area (Å²) in [6.07, 6.45) is 4.70. The van der Waals surface area contributed by atoms with Gasteiger partial charge in [-0.05, 0) is 31.6 Å². The van der Waals surface area contributed by atoms with E-state index in [4.69, 9.17) is 21.8 Å². The predicted molar refractivity (Wildman–Crippen MR) is 71.1 cm³/mol. The van der Waals surface area contributed by atoms with Crippen LogP contribution in [0.1, 0.15) is 58.6 Å². The highest BCUT2D eigenvalue weighted by molar-refractivity contribution is 7.81. The lowest BCUT2D eigenvalue weighted by Crippen LogP contribution is -2.53. The third-order valence-electron chi connectivity index (χ3n) is 5.84. The van der Waals surface area contributed by atoms with Crippen LogP contribution in [0.15, 0.2) is 4.42 Å². The zero-order valence-corrected chi connectivity index (χ0v) is 11.2. The number of benzene rings is 1. The lowest BCUT2D eigenvalue weighted by Gasteiger charge is -2.57. The number of esters is 1. The summed E-state index contributed by atoms with van der Waals surface area (Å²) in [7, 11) is 0. The van der Waals surface area contributed by atoms with Crippen molar-refractivity contribution < 1.29 is 13.9 Å². The van der Waals surface area contributed by atoms with Gasteiger partial charge in [0.05, 0.1) is 5.56 Å². The van der Waals surface area contributed by atoms with E-state index in [-0.39, 0.29) is 16.1 Å². The number of thiol groups is 1. The van der Waals surface area contributed by atoms with Crippen molar-refractivity contribution in [1.82, 2.24) is 0 Å². The highest BCUT2D eigenvalue weighted by atomic mass is 32.1. The van der Waals surface area contributed by atoms with Crippen molar-refractivity contribution in [2.24, 2.45) is 0 Å². The fourth-order valence-electron chi connectivity index (χ4n) is 5.56. The van der Waals surface area contributed by atoms with Crippen LogP contribution in [-0.4, -0.2) is 10.7 Å². The predicted octanol–water partition coefficient (Wildman–Crippen LogP) is 3.13. The van der Waals surface area contributed by atoms with Crippen molar-refractivity contribution in [3.05, 3.63) is 22.3 Å². The number of rotatable bonds is 0. The average molecular weight is 272 g/mol. The molecule has 4 heteroatoms. The number of hydrogen-bond acceptors (Lipinski definition) is 4. The summed E-state index contributed by atoms with van der Waals surface area (Å²) in [5.74, 6) is 0.396. The molecule has 7 rings (SSSR count). The van der Waals surface area contributed by atoms with E-state index in [0.717, 1.165) is 41.6 Å². The molecular formula is C15H12O3S. The Labute approximate surface area is 115 Å². The Morgan fingerprint density at radius 2 is 2.05 bits per heavy atom. The molecule has 3 saturated carbocycles. The quantitative estimate of drug-likeness (QED) is 0.591. The van der Waals surface area contributed by atoms with Gasteiger partial charge in [-0.1, -0.05) is 0 Å². The average Bonchev–Trinajstić information content (AvgIpc) is 2.99. The summed E-state index contributed by atoms with van der Waals surface area (Å²) in [6.45, 7) is 0.398. The molecular weight excluding hydrogens is 260 g/mol. The number of carbonyl (C=O) groups is 1. The highest BCUT2D eigenvalue weighted by Crippen LogP contribution is 2.73. The van der Waals surface area contributed by atoms with Gasteiger partial charge in [0.1, 0.15) is 23.3 Å². The molecule has 2 aromatic rings. The number of fused-ring (bicyclic) bond motifs is 8. The van der Waals surface area contributed by atoms with Gasteiger partial charge in [-0.25, -0.2) is 4.79 Å². The number of hydrogen-bond donors (Lipinski definition) is 1. The zero-order valence-electron chi connectivity index (χ0n) is 10.3. The maximum atomic E-state index is 11.9. The second-order valence-electron chi connectivity index (χ2n) is 6.94. The molecule has 96 valence electrons. The molecule has 1 aliphatic heterocycles. The molecule has 0 amide bonds. The van der Waals surface area contributed by atoms with Gasteiger partial charge in [0.25, 0.3) is 0 Å². The molecule has 4 aliphatic carbocycles. The van der Waals surface area contributed by atoms with Crippen LogP contribution >= 0.6 is 12.6 Å². The number of ether oxygens (including phenoxy) is 1. The normalized spacial score (nSPS) is 41.3. The van der Waals surface area contributed by atoms with Crippen LogP contribution in [0.4, 0.5) is 0 Å². The van der Waals surface area contributed by atoms with E-state index < -0.39 is 0 Å². The van der Waals surface area contributed by atoms with Crippen molar-refractivity contribution in [1.29, 1.82) is 0 Å². The van der Waals surface area contributed by atoms with Crippen LogP contribution in [0.25, 0.3) is 11.2 Å². The van der Waals surface area contributed by atoms with Crippen molar-refractivity contribution in [3.63, 3.8) is 0 Å². The number of furan rings is 2. The van der Waals surface area contributed by atoms with Crippen LogP contribution in [-0.2, 0) is 16.8 Å². The molecule has 3 heterocycles. The Kier molecular flexibility index (Phi) is 1.23. The number of carbonyl (C=O) groups excluding carboxylic acids is 1. The van der Waals surface area contributed by atoms with Crippen LogP contribution < -0.4 is 0 Å². The fraction of sp³-hybridized carbons (Fsp3) is 0.533. The molecule has 1 spiro atoms. The van der Waals surface area contributed by atoms with Gasteiger partial charge in [-0.2, -0.15) is 12.6 Å². The zero-order chi connectivity index (χ0) is 12.6. The van der Waals surface area contributed by atoms with Crippen LogP contribution in [0, 0.1) is 0 Å². The smallest absolute Gasteiger partial charge is 0.342 e. The first-order chi connectivity index (χ1) is 9.10. The summed E-state index contributed by atoms with van der Waals surface area (Å²) < 4.78 is 11.4. The summed E-state index contributed by atoms with van der Waals surface area (Å²) >= 11 is 4.87. The Bertz CT molecular complexity index is 781. The maximum Gasteiger partial charge on any atom is 0.342 e. The lowest BCUT2D eigenvalue weighted by molar-refractivity contribution is 0.0534. The van der Waals surface area contributed by atoms with Gasteiger partial charge in [0, 0.05) is 21.3 Å². The largest absolute Gasteiger partial charge is 0.457 e. The minimum absolute atomic E-state index is 0.194. The second kappa shape index (κ2) is 2.41. The molecule has 0 N–H and O–H groups in total. The van der Waals surface area contributed by atoms with Gasteiger partial charge < -0.3 is 9.15 Å². The van der Waals surface area contributed by atoms with Crippen LogP contribution in [0.3, 0.4) is 0 Å². The van der Waals surface area contributed by atoms with Gasteiger partial charge in [-0.15, -0.1) is 0 Å². The second-order valence-corrected chi connectivity index (χ2v) is 7.89. The lowest BCUT2D eigenvalue weighted by atomic mass is 9.53. The van der Waals surface area contributed by atoms with Crippen molar-refractivity contribution >= 4 is 29.8 Å². The molecule has 3 fully saturated rings. The minimum atomic E-state index is -0.194. The Morgan fingerprint density at radius 1 is 1.21 bits per heavy atom. The minimum Gasteiger partial charge on any atom is -0.457 e. The van der Waals surface area contributed by atoms with E-state index in [1.165, 1.54) is 17.5 Å². The van der Waals surface area contributed by atoms with E-state index in [1.54, 1.807) is 0 Å². The molecule has 19 heavy (non-hydrogen) atoms. The topological polar surface area (TPSA) is 39.4 Å². The van der Waals surface area contributed by atoms with E-state index in [2.05, 4.69) is 0 Å². The van der Waals surface area contributed by atoms with E-state index >= 15 is 0 Å². The molecule has 1 atom stereocenters. The van der Waals surface area contributed by atoms with Gasteiger partial charge in [0.2, 0.25) is 0 Å². The molecule has 0 aromatic carbocycles. The van der Waals surface area contributed by atoms with Crippen molar-refractivity contribution in [2.45, 2.75) is 48.4 Å². The molecule has 5 bridgehead atoms. The molecule has 1 unspecified atom stereocenters. The van der Waals surface area contributed by atoms with E-state index in [1.807, 2.05) is 0 Å². The summed E-state index contributed by atoms with van der Waals surface area (Å²) in [5, 5.41) is 0. The summed E-state index contributed by atoms with van der Waals surface area (Å²) in [6, 6.07) is 0. The van der Waals surface area contributed by atoms with E-state index in [9.17, 15) is 4.79 Å². The molecule has 5 aliphatic rings. The maximum absolute atomic E-state index is 11.9. The van der Waals surface area contributed by atoms with E-state index in [0.29, 0.717) is 12.5 Å². The van der Waals surface area contributed by atoms with Crippen LogP contribution in [0.5, 0.6) is 0 Å².